The third kappa shape index (κ3) is 1.57. The molecule has 3 rings (SSSR count). The Bertz CT molecular complexity index is 449. The molecule has 0 aromatic heterocycles. The molecule has 112 valence electrons. The molecule has 0 heterocycles. The molecule has 0 spiro atoms. The lowest BCUT2D eigenvalue weighted by Gasteiger charge is -2.38. The van der Waals surface area contributed by atoms with Gasteiger partial charge in [0.05, 0.1) is 11.5 Å². The zero-order valence-corrected chi connectivity index (χ0v) is 12.9. The maximum atomic E-state index is 11.4. The van der Waals surface area contributed by atoms with Gasteiger partial charge in [0.1, 0.15) is 0 Å². The van der Waals surface area contributed by atoms with E-state index in [0.29, 0.717) is 18.3 Å². The lowest BCUT2D eigenvalue weighted by Crippen LogP contribution is -2.47. The highest BCUT2D eigenvalue weighted by Gasteiger charge is 2.66. The quantitative estimate of drug-likeness (QED) is 0.635. The molecule has 1 saturated carbocycles. The van der Waals surface area contributed by atoms with Crippen molar-refractivity contribution in [1.82, 2.24) is 0 Å². The smallest absolute Gasteiger partial charge is 0.183 e. The summed E-state index contributed by atoms with van der Waals surface area (Å²) in [5.41, 5.74) is 0.430. The molecule has 20 heavy (non-hydrogen) atoms. The van der Waals surface area contributed by atoms with Crippen LogP contribution in [0.2, 0.25) is 0 Å². The first-order valence-electron chi connectivity index (χ1n) is 7.75. The van der Waals surface area contributed by atoms with Gasteiger partial charge in [0.25, 0.3) is 0 Å². The van der Waals surface area contributed by atoms with Crippen molar-refractivity contribution in [2.24, 2.45) is 23.7 Å². The first-order chi connectivity index (χ1) is 9.53. The number of fused-ring (bicyclic) bond motifs is 2. The van der Waals surface area contributed by atoms with Gasteiger partial charge in [-0.05, 0) is 36.7 Å². The SMILES string of the molecule is CCC1C(C2(O)CC3C=CC2C3(OC)OC)=CC[C@H]1C. The van der Waals surface area contributed by atoms with Gasteiger partial charge in [-0.3, -0.25) is 0 Å². The van der Waals surface area contributed by atoms with Crippen molar-refractivity contribution in [3.8, 4) is 0 Å². The van der Waals surface area contributed by atoms with E-state index >= 15 is 0 Å². The number of hydrogen-bond acceptors (Lipinski definition) is 3. The van der Waals surface area contributed by atoms with Crippen LogP contribution in [0, 0.1) is 23.7 Å². The lowest BCUT2D eigenvalue weighted by molar-refractivity contribution is -0.238. The predicted molar refractivity (Wildman–Crippen MR) is 78.1 cm³/mol. The fourth-order valence-electron chi connectivity index (χ4n) is 4.90. The van der Waals surface area contributed by atoms with Gasteiger partial charge in [-0.25, -0.2) is 0 Å². The van der Waals surface area contributed by atoms with E-state index in [4.69, 9.17) is 9.47 Å². The van der Waals surface area contributed by atoms with E-state index in [1.807, 2.05) is 0 Å². The van der Waals surface area contributed by atoms with Crippen molar-refractivity contribution in [1.29, 1.82) is 0 Å². The van der Waals surface area contributed by atoms with Gasteiger partial charge < -0.3 is 14.6 Å². The van der Waals surface area contributed by atoms with Gasteiger partial charge in [0.15, 0.2) is 5.79 Å². The fourth-order valence-corrected chi connectivity index (χ4v) is 4.90. The molecule has 4 unspecified atom stereocenters. The van der Waals surface area contributed by atoms with E-state index in [9.17, 15) is 5.11 Å². The summed E-state index contributed by atoms with van der Waals surface area (Å²) in [6.45, 7) is 4.50. The Kier molecular flexibility index (Phi) is 3.35. The van der Waals surface area contributed by atoms with Gasteiger partial charge in [-0.2, -0.15) is 0 Å². The molecular formula is C17H26O3. The van der Waals surface area contributed by atoms with Gasteiger partial charge in [-0.1, -0.05) is 32.1 Å². The molecule has 0 aliphatic heterocycles. The van der Waals surface area contributed by atoms with E-state index in [1.165, 1.54) is 5.57 Å². The molecule has 3 aliphatic rings. The van der Waals surface area contributed by atoms with Crippen LogP contribution in [0.5, 0.6) is 0 Å². The van der Waals surface area contributed by atoms with Crippen LogP contribution in [-0.4, -0.2) is 30.7 Å². The van der Waals surface area contributed by atoms with E-state index in [1.54, 1.807) is 14.2 Å². The third-order valence-corrected chi connectivity index (χ3v) is 5.91. The van der Waals surface area contributed by atoms with Crippen molar-refractivity contribution >= 4 is 0 Å². The number of hydrogen-bond donors (Lipinski definition) is 1. The van der Waals surface area contributed by atoms with Gasteiger partial charge >= 0.3 is 0 Å². The molecule has 2 bridgehead atoms. The zero-order valence-electron chi connectivity index (χ0n) is 12.9. The maximum Gasteiger partial charge on any atom is 0.183 e. The molecule has 0 saturated heterocycles. The van der Waals surface area contributed by atoms with Crippen LogP contribution in [0.15, 0.2) is 23.8 Å². The van der Waals surface area contributed by atoms with Crippen molar-refractivity contribution in [3.63, 3.8) is 0 Å². The highest BCUT2D eigenvalue weighted by molar-refractivity contribution is 5.37. The molecule has 3 heteroatoms. The average molecular weight is 278 g/mol. The topological polar surface area (TPSA) is 38.7 Å². The monoisotopic (exact) mass is 278 g/mol. The first-order valence-corrected chi connectivity index (χ1v) is 7.75. The number of allylic oxidation sites excluding steroid dienone is 1. The number of aliphatic hydroxyl groups is 1. The molecule has 0 aromatic carbocycles. The molecule has 0 amide bonds. The Morgan fingerprint density at radius 1 is 1.30 bits per heavy atom. The minimum absolute atomic E-state index is 0.0967. The maximum absolute atomic E-state index is 11.4. The second-order valence-corrected chi connectivity index (χ2v) is 6.61. The number of rotatable bonds is 4. The summed E-state index contributed by atoms with van der Waals surface area (Å²) in [6.07, 6.45) is 9.38. The van der Waals surface area contributed by atoms with Gasteiger partial charge in [-0.15, -0.1) is 0 Å². The number of methoxy groups -OCH3 is 2. The second kappa shape index (κ2) is 4.69. The average Bonchev–Trinajstić information content (AvgIpc) is 3.06. The molecule has 3 nitrogen and oxygen atoms in total. The molecule has 0 radical (unpaired) electrons. The summed E-state index contributed by atoms with van der Waals surface area (Å²) < 4.78 is 11.4. The van der Waals surface area contributed by atoms with E-state index < -0.39 is 11.4 Å². The second-order valence-electron chi connectivity index (χ2n) is 6.61. The summed E-state index contributed by atoms with van der Waals surface area (Å²) in [5, 5.41) is 11.4. The van der Waals surface area contributed by atoms with Crippen LogP contribution >= 0.6 is 0 Å². The normalized spacial score (nSPS) is 45.1. The van der Waals surface area contributed by atoms with E-state index in [0.717, 1.165) is 12.8 Å². The van der Waals surface area contributed by atoms with Crippen LogP contribution in [-0.2, 0) is 9.47 Å². The van der Waals surface area contributed by atoms with Crippen molar-refractivity contribution in [3.05, 3.63) is 23.8 Å². The molecule has 1 N–H and O–H groups in total. The Morgan fingerprint density at radius 2 is 2.00 bits per heavy atom. The Labute approximate surface area is 121 Å². The minimum Gasteiger partial charge on any atom is -0.385 e. The lowest BCUT2D eigenvalue weighted by atomic mass is 9.74. The van der Waals surface area contributed by atoms with Crippen molar-refractivity contribution < 1.29 is 14.6 Å². The highest BCUT2D eigenvalue weighted by Crippen LogP contribution is 2.60. The predicted octanol–water partition coefficient (Wildman–Crippen LogP) is 2.90. The van der Waals surface area contributed by atoms with Gasteiger partial charge in [0.2, 0.25) is 0 Å². The first kappa shape index (κ1) is 14.3. The Hall–Kier alpha value is -0.640. The van der Waals surface area contributed by atoms with Gasteiger partial charge in [0, 0.05) is 20.1 Å². The summed E-state index contributed by atoms with van der Waals surface area (Å²) in [4.78, 5) is 0. The molecule has 1 fully saturated rings. The molecule has 3 aliphatic carbocycles. The van der Waals surface area contributed by atoms with E-state index in [-0.39, 0.29) is 11.8 Å². The summed E-state index contributed by atoms with van der Waals surface area (Å²) in [6, 6.07) is 0. The van der Waals surface area contributed by atoms with E-state index in [2.05, 4.69) is 32.1 Å². The molecular weight excluding hydrogens is 252 g/mol. The molecule has 0 aromatic rings. The van der Waals surface area contributed by atoms with Crippen LogP contribution in [0.1, 0.15) is 33.1 Å². The Balaban J connectivity index is 1.97. The Morgan fingerprint density at radius 3 is 2.55 bits per heavy atom. The van der Waals surface area contributed by atoms with Crippen molar-refractivity contribution in [2.45, 2.75) is 44.5 Å². The van der Waals surface area contributed by atoms with Crippen LogP contribution in [0.25, 0.3) is 0 Å². The standard InChI is InChI=1S/C17H26O3/c1-5-13-11(2)6-8-14(13)16(18)10-12-7-9-15(16)17(12,19-3)20-4/h7-9,11-13,15,18H,5-6,10H2,1-4H3/t11-,12?,13?,15?,16?/m1/s1. The third-order valence-electron chi connectivity index (χ3n) is 5.91. The minimum atomic E-state index is -0.795. The highest BCUT2D eigenvalue weighted by atomic mass is 16.7. The largest absolute Gasteiger partial charge is 0.385 e. The summed E-state index contributed by atoms with van der Waals surface area (Å²) in [5.74, 6) is 0.475. The number of ether oxygens (including phenoxy) is 2. The van der Waals surface area contributed by atoms with Crippen LogP contribution < -0.4 is 0 Å². The fraction of sp³-hybridized carbons (Fsp3) is 0.765. The molecule has 5 atom stereocenters. The zero-order chi connectivity index (χ0) is 14.5. The summed E-state index contributed by atoms with van der Waals surface area (Å²) in [7, 11) is 3.37. The summed E-state index contributed by atoms with van der Waals surface area (Å²) >= 11 is 0. The van der Waals surface area contributed by atoms with Crippen molar-refractivity contribution in [2.75, 3.05) is 14.2 Å². The van der Waals surface area contributed by atoms with Crippen LogP contribution in [0.4, 0.5) is 0 Å². The van der Waals surface area contributed by atoms with Crippen LogP contribution in [0.3, 0.4) is 0 Å².